The highest BCUT2D eigenvalue weighted by Gasteiger charge is 2.53. The molecule has 41 heavy (non-hydrogen) atoms. The summed E-state index contributed by atoms with van der Waals surface area (Å²) in [6.45, 7) is 7.04. The topological polar surface area (TPSA) is 247 Å². The minimum atomic E-state index is -1.87. The van der Waals surface area contributed by atoms with Crippen molar-refractivity contribution in [1.82, 2.24) is 0 Å². The van der Waals surface area contributed by atoms with Crippen LogP contribution in [-0.2, 0) is 33.2 Å². The Morgan fingerprint density at radius 1 is 0.585 bits per heavy atom. The zero-order valence-corrected chi connectivity index (χ0v) is 23.7. The Balaban J connectivity index is 1.70. The Labute approximate surface area is 237 Å². The van der Waals surface area contributed by atoms with E-state index >= 15 is 0 Å². The van der Waals surface area contributed by atoms with Crippen LogP contribution < -0.4 is 0 Å². The molecular formula is C25H46O16. The van der Waals surface area contributed by atoms with Gasteiger partial charge >= 0.3 is 0 Å². The maximum absolute atomic E-state index is 10.9. The molecule has 3 heterocycles. The molecule has 0 aliphatic carbocycles. The molecule has 16 heteroatoms. The molecule has 15 atom stereocenters. The highest BCUT2D eigenvalue weighted by Crippen LogP contribution is 2.33. The van der Waals surface area contributed by atoms with E-state index in [-0.39, 0.29) is 12.7 Å². The number of aliphatic hydroxyl groups is 9. The van der Waals surface area contributed by atoms with Gasteiger partial charge in [0.05, 0.1) is 31.5 Å². The van der Waals surface area contributed by atoms with Crippen LogP contribution in [0.2, 0.25) is 0 Å². The van der Waals surface area contributed by atoms with Crippen LogP contribution >= 0.6 is 0 Å². The summed E-state index contributed by atoms with van der Waals surface area (Å²) in [5, 5.41) is 93.8. The van der Waals surface area contributed by atoms with Crippen molar-refractivity contribution >= 4 is 0 Å². The molecule has 3 rings (SSSR count). The van der Waals surface area contributed by atoms with Gasteiger partial charge in [-0.1, -0.05) is 0 Å². The van der Waals surface area contributed by atoms with E-state index in [0.29, 0.717) is 0 Å². The SMILES string of the molecule is CC(C)O[C@@H]1OC(CO)[C@H](O[C@@H]2OC(CO)[C@H](O[C@@H]3OC(COC(C)(C)C)[C@H](O)[C@@H](O)C3O)[C@@H](O)C2O)[C@@H](O)C1O. The van der Waals surface area contributed by atoms with Crippen molar-refractivity contribution in [3.63, 3.8) is 0 Å². The van der Waals surface area contributed by atoms with Crippen molar-refractivity contribution in [2.75, 3.05) is 19.8 Å². The molecule has 9 N–H and O–H groups in total. The summed E-state index contributed by atoms with van der Waals surface area (Å²) in [5.74, 6) is 0. The molecule has 0 spiro atoms. The van der Waals surface area contributed by atoms with Gasteiger partial charge in [-0.3, -0.25) is 0 Å². The van der Waals surface area contributed by atoms with Crippen LogP contribution in [0.1, 0.15) is 34.6 Å². The molecule has 242 valence electrons. The second-order valence-corrected chi connectivity index (χ2v) is 11.7. The van der Waals surface area contributed by atoms with E-state index in [0.717, 1.165) is 0 Å². The zero-order valence-electron chi connectivity index (χ0n) is 23.7. The largest absolute Gasteiger partial charge is 0.394 e. The van der Waals surface area contributed by atoms with Crippen molar-refractivity contribution in [2.24, 2.45) is 0 Å². The lowest BCUT2D eigenvalue weighted by Crippen LogP contribution is -2.66. The smallest absolute Gasteiger partial charge is 0.187 e. The lowest BCUT2D eigenvalue weighted by molar-refractivity contribution is -0.381. The molecule has 0 radical (unpaired) electrons. The summed E-state index contributed by atoms with van der Waals surface area (Å²) in [5.41, 5.74) is -0.612. The maximum Gasteiger partial charge on any atom is 0.187 e. The van der Waals surface area contributed by atoms with Crippen LogP contribution in [0.15, 0.2) is 0 Å². The Morgan fingerprint density at radius 3 is 1.44 bits per heavy atom. The van der Waals surface area contributed by atoms with Crippen molar-refractivity contribution in [3.05, 3.63) is 0 Å². The average molecular weight is 603 g/mol. The van der Waals surface area contributed by atoms with E-state index in [9.17, 15) is 46.0 Å². The molecule has 0 amide bonds. The number of hydrogen-bond acceptors (Lipinski definition) is 16. The Bertz CT molecular complexity index is 792. The molecule has 3 fully saturated rings. The quantitative estimate of drug-likeness (QED) is 0.115. The van der Waals surface area contributed by atoms with E-state index in [2.05, 4.69) is 0 Å². The third kappa shape index (κ3) is 8.30. The maximum atomic E-state index is 10.9. The standard InChI is InChI=1S/C25H46O16/c1-9(2)36-22-18(33)15(30)20(10(6-26)37-22)41-24-19(34)16(31)21(11(7-27)38-24)40-23-17(32)14(29)13(28)12(39-23)8-35-25(3,4)5/h9-24,26-34H,6-8H2,1-5H3/t10?,11?,12?,13-,14+,15-,16-,17?,18?,19?,20-,21-,22+,23-,24-/m0/s1. The summed E-state index contributed by atoms with van der Waals surface area (Å²) in [7, 11) is 0. The highest BCUT2D eigenvalue weighted by atomic mass is 16.8. The van der Waals surface area contributed by atoms with E-state index < -0.39 is 111 Å². The fourth-order valence-corrected chi connectivity index (χ4v) is 4.74. The van der Waals surface area contributed by atoms with Gasteiger partial charge in [-0.2, -0.15) is 0 Å². The fraction of sp³-hybridized carbons (Fsp3) is 1.00. The zero-order chi connectivity index (χ0) is 30.8. The molecule has 3 aliphatic heterocycles. The molecular weight excluding hydrogens is 556 g/mol. The van der Waals surface area contributed by atoms with Crippen LogP contribution in [0.4, 0.5) is 0 Å². The van der Waals surface area contributed by atoms with Gasteiger partial charge in [-0.25, -0.2) is 0 Å². The summed E-state index contributed by atoms with van der Waals surface area (Å²) < 4.78 is 39.1. The van der Waals surface area contributed by atoms with Crippen molar-refractivity contribution in [2.45, 2.75) is 138 Å². The van der Waals surface area contributed by atoms with Gasteiger partial charge in [0, 0.05) is 0 Å². The normalized spacial score (nSPS) is 46.2. The first-order chi connectivity index (χ1) is 19.1. The number of ether oxygens (including phenoxy) is 7. The van der Waals surface area contributed by atoms with Crippen LogP contribution in [-0.4, -0.2) is 170 Å². The average Bonchev–Trinajstić information content (AvgIpc) is 2.90. The van der Waals surface area contributed by atoms with Crippen LogP contribution in [0.25, 0.3) is 0 Å². The van der Waals surface area contributed by atoms with Gasteiger partial charge in [0.25, 0.3) is 0 Å². The molecule has 0 aromatic heterocycles. The lowest BCUT2D eigenvalue weighted by atomic mass is 9.96. The first-order valence-corrected chi connectivity index (χ1v) is 13.6. The summed E-state index contributed by atoms with van der Waals surface area (Å²) >= 11 is 0. The molecule has 0 bridgehead atoms. The minimum absolute atomic E-state index is 0.174. The molecule has 3 aliphatic rings. The van der Waals surface area contributed by atoms with Crippen molar-refractivity contribution in [3.8, 4) is 0 Å². The summed E-state index contributed by atoms with van der Waals surface area (Å²) in [6.07, 6.45) is -23.7. The first-order valence-electron chi connectivity index (χ1n) is 13.6. The molecule has 0 aromatic carbocycles. The molecule has 16 nitrogen and oxygen atoms in total. The minimum Gasteiger partial charge on any atom is -0.394 e. The summed E-state index contributed by atoms with van der Waals surface area (Å²) in [4.78, 5) is 0. The fourth-order valence-electron chi connectivity index (χ4n) is 4.74. The number of hydrogen-bond donors (Lipinski definition) is 9. The van der Waals surface area contributed by atoms with E-state index in [1.807, 2.05) is 0 Å². The first kappa shape index (κ1) is 34.8. The van der Waals surface area contributed by atoms with Gasteiger partial charge in [0.2, 0.25) is 0 Å². The Hall–Kier alpha value is -0.640. The van der Waals surface area contributed by atoms with Crippen LogP contribution in [0.5, 0.6) is 0 Å². The van der Waals surface area contributed by atoms with Gasteiger partial charge in [-0.05, 0) is 34.6 Å². The lowest BCUT2D eigenvalue weighted by Gasteiger charge is -2.48. The second-order valence-electron chi connectivity index (χ2n) is 11.7. The van der Waals surface area contributed by atoms with E-state index in [1.54, 1.807) is 34.6 Å². The number of aliphatic hydroxyl groups excluding tert-OH is 9. The van der Waals surface area contributed by atoms with Crippen LogP contribution in [0.3, 0.4) is 0 Å². The Morgan fingerprint density at radius 2 is 1.00 bits per heavy atom. The monoisotopic (exact) mass is 602 g/mol. The molecule has 6 unspecified atom stereocenters. The van der Waals surface area contributed by atoms with Gasteiger partial charge in [-0.15, -0.1) is 0 Å². The predicted octanol–water partition coefficient (Wildman–Crippen LogP) is -4.32. The molecule has 0 aromatic rings. The van der Waals surface area contributed by atoms with Gasteiger partial charge in [0.1, 0.15) is 73.2 Å². The van der Waals surface area contributed by atoms with Crippen molar-refractivity contribution < 1.29 is 79.1 Å². The van der Waals surface area contributed by atoms with E-state index in [1.165, 1.54) is 0 Å². The summed E-state index contributed by atoms with van der Waals surface area (Å²) in [6, 6.07) is 0. The molecule has 3 saturated heterocycles. The Kier molecular flexibility index (Phi) is 12.3. The second kappa shape index (κ2) is 14.4. The van der Waals surface area contributed by atoms with Gasteiger partial charge in [0.15, 0.2) is 18.9 Å². The van der Waals surface area contributed by atoms with Crippen molar-refractivity contribution in [1.29, 1.82) is 0 Å². The van der Waals surface area contributed by atoms with E-state index in [4.69, 9.17) is 33.2 Å². The molecule has 0 saturated carbocycles. The van der Waals surface area contributed by atoms with Gasteiger partial charge < -0.3 is 79.1 Å². The highest BCUT2D eigenvalue weighted by molar-refractivity contribution is 4.96. The van der Waals surface area contributed by atoms with Crippen LogP contribution in [0, 0.1) is 0 Å². The third-order valence-corrected chi connectivity index (χ3v) is 6.98. The number of rotatable bonds is 10. The third-order valence-electron chi connectivity index (χ3n) is 6.98. The predicted molar refractivity (Wildman–Crippen MR) is 134 cm³/mol.